The number of rotatable bonds is 8. The lowest BCUT2D eigenvalue weighted by Crippen LogP contribution is -2.27. The predicted molar refractivity (Wildman–Crippen MR) is 127 cm³/mol. The third-order valence-corrected chi connectivity index (χ3v) is 6.51. The molecule has 3 aromatic carbocycles. The average Bonchev–Trinajstić information content (AvgIpc) is 3.22. The van der Waals surface area contributed by atoms with E-state index in [-0.39, 0.29) is 22.9 Å². The highest BCUT2D eigenvalue weighted by molar-refractivity contribution is 6.42. The van der Waals surface area contributed by atoms with Crippen molar-refractivity contribution in [2.45, 2.75) is 31.6 Å². The van der Waals surface area contributed by atoms with Crippen LogP contribution in [0.3, 0.4) is 0 Å². The van der Waals surface area contributed by atoms with Crippen LogP contribution < -0.4 is 0 Å². The van der Waals surface area contributed by atoms with Gasteiger partial charge in [-0.05, 0) is 42.5 Å². The minimum absolute atomic E-state index is 0.00572. The Hall–Kier alpha value is -2.44. The molecule has 0 bridgehead atoms. The van der Waals surface area contributed by atoms with Crippen LogP contribution in [0.1, 0.15) is 29.3 Å². The van der Waals surface area contributed by atoms with Crippen molar-refractivity contribution in [2.75, 3.05) is 13.1 Å². The first-order valence-electron chi connectivity index (χ1n) is 10.6. The van der Waals surface area contributed by atoms with Crippen molar-refractivity contribution < 1.29 is 9.66 Å². The monoisotopic (exact) mass is 470 g/mol. The van der Waals surface area contributed by atoms with Crippen LogP contribution in [-0.2, 0) is 17.6 Å². The minimum Gasteiger partial charge on any atom is -0.354 e. The molecule has 166 valence electrons. The van der Waals surface area contributed by atoms with E-state index in [2.05, 4.69) is 17.0 Å². The van der Waals surface area contributed by atoms with Crippen LogP contribution >= 0.6 is 23.2 Å². The fraction of sp³-hybridized carbons (Fsp3) is 0.280. The van der Waals surface area contributed by atoms with Crippen molar-refractivity contribution in [1.82, 2.24) is 4.90 Å². The van der Waals surface area contributed by atoms with Crippen molar-refractivity contribution in [3.05, 3.63) is 110 Å². The van der Waals surface area contributed by atoms with Gasteiger partial charge in [0, 0.05) is 24.7 Å². The first kappa shape index (κ1) is 22.7. The molecule has 5 nitrogen and oxygen atoms in total. The zero-order chi connectivity index (χ0) is 22.5. The number of nitro groups is 1. The van der Waals surface area contributed by atoms with Gasteiger partial charge in [0.15, 0.2) is 0 Å². The molecule has 0 amide bonds. The molecule has 7 heteroatoms. The van der Waals surface area contributed by atoms with Gasteiger partial charge in [-0.1, -0.05) is 77.8 Å². The Kier molecular flexibility index (Phi) is 7.43. The summed E-state index contributed by atoms with van der Waals surface area (Å²) in [6, 6.07) is 22.8. The van der Waals surface area contributed by atoms with E-state index in [1.54, 1.807) is 12.1 Å². The van der Waals surface area contributed by atoms with Crippen LogP contribution in [0, 0.1) is 10.1 Å². The van der Waals surface area contributed by atoms with Crippen LogP contribution in [0.25, 0.3) is 0 Å². The lowest BCUT2D eigenvalue weighted by atomic mass is 10.0. The minimum atomic E-state index is -0.318. The van der Waals surface area contributed by atoms with E-state index in [0.29, 0.717) is 16.5 Å². The van der Waals surface area contributed by atoms with Gasteiger partial charge in [-0.3, -0.25) is 15.0 Å². The number of ether oxygens (including phenoxy) is 1. The molecule has 1 saturated heterocycles. The topological polar surface area (TPSA) is 55.6 Å². The highest BCUT2D eigenvalue weighted by Crippen LogP contribution is 2.33. The van der Waals surface area contributed by atoms with Crippen molar-refractivity contribution in [3.8, 4) is 0 Å². The number of nitro benzene ring substituents is 1. The molecule has 0 radical (unpaired) electrons. The molecule has 3 aromatic rings. The maximum absolute atomic E-state index is 11.3. The third kappa shape index (κ3) is 5.48. The Bertz CT molecular complexity index is 1080. The number of hydrogen-bond donors (Lipinski definition) is 0. The molecule has 1 heterocycles. The van der Waals surface area contributed by atoms with Gasteiger partial charge in [-0.2, -0.15) is 0 Å². The molecular weight excluding hydrogens is 447 g/mol. The Morgan fingerprint density at radius 2 is 1.72 bits per heavy atom. The second-order valence-electron chi connectivity index (χ2n) is 7.94. The van der Waals surface area contributed by atoms with E-state index in [9.17, 15) is 10.1 Å². The standard InChI is InChI=1S/C25H24Cl2N2O3/c26-22-13-10-18(16-23(22)27)14-15-28-17-21(32-25(28)20-7-2-1-3-8-20)12-11-19-6-4-5-9-24(19)29(30)31/h1-10,13,16,21,25H,11-12,14-15,17H2. The number of aryl methyl sites for hydroxylation is 1. The highest BCUT2D eigenvalue weighted by Gasteiger charge is 2.33. The Morgan fingerprint density at radius 3 is 2.47 bits per heavy atom. The number of nitrogens with zero attached hydrogens (tertiary/aromatic N) is 2. The smallest absolute Gasteiger partial charge is 0.272 e. The third-order valence-electron chi connectivity index (χ3n) is 5.77. The van der Waals surface area contributed by atoms with Crippen LogP contribution in [0.4, 0.5) is 5.69 Å². The van der Waals surface area contributed by atoms with Crippen molar-refractivity contribution >= 4 is 28.9 Å². The Labute approximate surface area is 197 Å². The molecule has 1 aliphatic rings. The summed E-state index contributed by atoms with van der Waals surface area (Å²) in [7, 11) is 0. The largest absolute Gasteiger partial charge is 0.354 e. The van der Waals surface area contributed by atoms with Gasteiger partial charge in [0.25, 0.3) is 5.69 Å². The van der Waals surface area contributed by atoms with Gasteiger partial charge in [0.05, 0.1) is 21.1 Å². The Balaban J connectivity index is 1.45. The molecule has 2 atom stereocenters. The summed E-state index contributed by atoms with van der Waals surface area (Å²) in [4.78, 5) is 13.3. The summed E-state index contributed by atoms with van der Waals surface area (Å²) in [5.74, 6) is 0. The zero-order valence-corrected chi connectivity index (χ0v) is 19.0. The van der Waals surface area contributed by atoms with Gasteiger partial charge in [-0.15, -0.1) is 0 Å². The van der Waals surface area contributed by atoms with E-state index >= 15 is 0 Å². The van der Waals surface area contributed by atoms with Crippen LogP contribution in [-0.4, -0.2) is 29.0 Å². The summed E-state index contributed by atoms with van der Waals surface area (Å²) in [5, 5.41) is 12.4. The molecule has 1 fully saturated rings. The lowest BCUT2D eigenvalue weighted by Gasteiger charge is -2.23. The maximum Gasteiger partial charge on any atom is 0.272 e. The highest BCUT2D eigenvalue weighted by atomic mass is 35.5. The van der Waals surface area contributed by atoms with Crippen LogP contribution in [0.2, 0.25) is 10.0 Å². The van der Waals surface area contributed by atoms with Crippen molar-refractivity contribution in [1.29, 1.82) is 0 Å². The second-order valence-corrected chi connectivity index (χ2v) is 8.75. The summed E-state index contributed by atoms with van der Waals surface area (Å²) in [5.41, 5.74) is 3.14. The van der Waals surface area contributed by atoms with Gasteiger partial charge < -0.3 is 4.74 Å². The lowest BCUT2D eigenvalue weighted by molar-refractivity contribution is -0.385. The first-order valence-corrected chi connectivity index (χ1v) is 11.4. The summed E-state index contributed by atoms with van der Waals surface area (Å²) >= 11 is 12.2. The molecule has 1 aliphatic heterocycles. The SMILES string of the molecule is O=[N+]([O-])c1ccccc1CCC1CN(CCc2ccc(Cl)c(Cl)c2)C(c2ccccc2)O1. The number of halogens is 2. The molecule has 32 heavy (non-hydrogen) atoms. The quantitative estimate of drug-likeness (QED) is 0.279. The van der Waals surface area contributed by atoms with Gasteiger partial charge in [0.2, 0.25) is 0 Å². The number of para-hydroxylation sites is 1. The average molecular weight is 471 g/mol. The first-order chi connectivity index (χ1) is 15.5. The fourth-order valence-corrected chi connectivity index (χ4v) is 4.45. The molecule has 4 rings (SSSR count). The zero-order valence-electron chi connectivity index (χ0n) is 17.5. The van der Waals surface area contributed by atoms with E-state index in [4.69, 9.17) is 27.9 Å². The van der Waals surface area contributed by atoms with E-state index < -0.39 is 0 Å². The number of hydrogen-bond acceptors (Lipinski definition) is 4. The molecule has 0 aromatic heterocycles. The molecule has 0 saturated carbocycles. The summed E-state index contributed by atoms with van der Waals surface area (Å²) < 4.78 is 6.42. The molecule has 0 aliphatic carbocycles. The molecule has 0 spiro atoms. The van der Waals surface area contributed by atoms with Crippen LogP contribution in [0.5, 0.6) is 0 Å². The second kappa shape index (κ2) is 10.5. The van der Waals surface area contributed by atoms with Crippen molar-refractivity contribution in [3.63, 3.8) is 0 Å². The van der Waals surface area contributed by atoms with Gasteiger partial charge in [0.1, 0.15) is 6.23 Å². The molecule has 0 N–H and O–H groups in total. The van der Waals surface area contributed by atoms with Crippen LogP contribution in [0.15, 0.2) is 72.8 Å². The fourth-order valence-electron chi connectivity index (χ4n) is 4.13. The predicted octanol–water partition coefficient (Wildman–Crippen LogP) is 6.48. The van der Waals surface area contributed by atoms with Crippen molar-refractivity contribution in [2.24, 2.45) is 0 Å². The molecule has 2 unspecified atom stereocenters. The molecular formula is C25H24Cl2N2O3. The summed E-state index contributed by atoms with van der Waals surface area (Å²) in [6.07, 6.45) is 1.99. The number of benzene rings is 3. The summed E-state index contributed by atoms with van der Waals surface area (Å²) in [6.45, 7) is 1.57. The van der Waals surface area contributed by atoms with E-state index in [0.717, 1.165) is 42.6 Å². The van der Waals surface area contributed by atoms with Gasteiger partial charge in [-0.25, -0.2) is 0 Å². The van der Waals surface area contributed by atoms with E-state index in [1.165, 1.54) is 0 Å². The normalized spacial score (nSPS) is 18.7. The van der Waals surface area contributed by atoms with Gasteiger partial charge >= 0.3 is 0 Å². The maximum atomic E-state index is 11.3. The Morgan fingerprint density at radius 1 is 0.969 bits per heavy atom. The van der Waals surface area contributed by atoms with E-state index in [1.807, 2.05) is 48.5 Å².